The summed E-state index contributed by atoms with van der Waals surface area (Å²) in [5, 5.41) is 10.8. The van der Waals surface area contributed by atoms with Crippen LogP contribution in [0.5, 0.6) is 0 Å². The van der Waals surface area contributed by atoms with Crippen LogP contribution in [0.15, 0.2) is 11.6 Å². The van der Waals surface area contributed by atoms with Crippen molar-refractivity contribution in [3.05, 3.63) is 11.6 Å². The van der Waals surface area contributed by atoms with Crippen molar-refractivity contribution in [1.82, 2.24) is 0 Å². The number of rotatable bonds is 0. The fraction of sp³-hybridized carbons (Fsp3) is 0.789. The van der Waals surface area contributed by atoms with Gasteiger partial charge in [0.2, 0.25) is 0 Å². The summed E-state index contributed by atoms with van der Waals surface area (Å²) >= 11 is 0. The molecule has 3 nitrogen and oxygen atoms in total. The first-order chi connectivity index (χ1) is 10.4. The maximum atomic E-state index is 12.4. The number of fused-ring (bicyclic) bond motifs is 5. The van der Waals surface area contributed by atoms with Crippen molar-refractivity contribution >= 4 is 11.6 Å². The summed E-state index contributed by atoms with van der Waals surface area (Å²) in [5.74, 6) is 1.63. The molecule has 4 aliphatic rings. The molecule has 3 unspecified atom stereocenters. The maximum absolute atomic E-state index is 12.4. The Morgan fingerprint density at radius 1 is 1.05 bits per heavy atom. The SMILES string of the molecule is C[C@]12CCC(=O)C=C1C[C@H](O)C1C2CC[C@]2(C)C(=O)CCC12. The highest BCUT2D eigenvalue weighted by Gasteiger charge is 2.61. The van der Waals surface area contributed by atoms with E-state index in [9.17, 15) is 14.7 Å². The molecule has 0 saturated heterocycles. The number of aliphatic hydroxyl groups excluding tert-OH is 1. The summed E-state index contributed by atoms with van der Waals surface area (Å²) in [6.45, 7) is 4.43. The van der Waals surface area contributed by atoms with Gasteiger partial charge >= 0.3 is 0 Å². The molecule has 3 heteroatoms. The van der Waals surface area contributed by atoms with Crippen LogP contribution in [0.4, 0.5) is 0 Å². The van der Waals surface area contributed by atoms with Crippen LogP contribution in [0.1, 0.15) is 58.8 Å². The Balaban J connectivity index is 1.75. The van der Waals surface area contributed by atoms with Gasteiger partial charge < -0.3 is 5.11 Å². The molecule has 120 valence electrons. The number of carbonyl (C=O) groups excluding carboxylic acids is 2. The predicted octanol–water partition coefficient (Wildman–Crippen LogP) is 3.06. The minimum absolute atomic E-state index is 0.0603. The van der Waals surface area contributed by atoms with E-state index in [4.69, 9.17) is 0 Å². The standard InChI is InChI=1S/C19H26O3/c1-18-7-5-12(20)9-11(18)10-15(21)17-13-3-4-16(22)19(13,2)8-6-14(17)18/h9,13-15,17,21H,3-8,10H2,1-2H3/t13?,14?,15-,17?,18-,19-/m0/s1. The van der Waals surface area contributed by atoms with Crippen molar-refractivity contribution in [1.29, 1.82) is 0 Å². The van der Waals surface area contributed by atoms with Crippen molar-refractivity contribution in [3.8, 4) is 0 Å². The third-order valence-electron chi connectivity index (χ3n) is 7.69. The van der Waals surface area contributed by atoms with Crippen molar-refractivity contribution in [3.63, 3.8) is 0 Å². The Morgan fingerprint density at radius 3 is 2.55 bits per heavy atom. The van der Waals surface area contributed by atoms with E-state index in [1.807, 2.05) is 6.08 Å². The Kier molecular flexibility index (Phi) is 3.01. The monoisotopic (exact) mass is 302 g/mol. The second-order valence-electron chi connectivity index (χ2n) is 8.53. The van der Waals surface area contributed by atoms with Gasteiger partial charge in [0.25, 0.3) is 0 Å². The molecule has 4 rings (SSSR count). The zero-order chi connectivity index (χ0) is 15.7. The van der Waals surface area contributed by atoms with E-state index >= 15 is 0 Å². The van der Waals surface area contributed by atoms with Gasteiger partial charge in [0, 0.05) is 18.3 Å². The molecule has 3 saturated carbocycles. The topological polar surface area (TPSA) is 54.4 Å². The van der Waals surface area contributed by atoms with Crippen molar-refractivity contribution in [2.24, 2.45) is 28.6 Å². The predicted molar refractivity (Wildman–Crippen MR) is 83.1 cm³/mol. The van der Waals surface area contributed by atoms with E-state index in [0.29, 0.717) is 36.9 Å². The highest BCUT2D eigenvalue weighted by molar-refractivity contribution is 5.91. The number of hydrogen-bond acceptors (Lipinski definition) is 3. The van der Waals surface area contributed by atoms with Gasteiger partial charge in [-0.3, -0.25) is 9.59 Å². The lowest BCUT2D eigenvalue weighted by Gasteiger charge is -2.58. The summed E-state index contributed by atoms with van der Waals surface area (Å²) in [7, 11) is 0. The van der Waals surface area contributed by atoms with E-state index < -0.39 is 0 Å². The van der Waals surface area contributed by atoms with E-state index in [1.54, 1.807) is 0 Å². The van der Waals surface area contributed by atoms with Gasteiger partial charge in [0.1, 0.15) is 5.78 Å². The van der Waals surface area contributed by atoms with Crippen LogP contribution in [0.25, 0.3) is 0 Å². The molecular formula is C19H26O3. The maximum Gasteiger partial charge on any atom is 0.155 e. The molecular weight excluding hydrogens is 276 g/mol. The first kappa shape index (κ1) is 14.6. The fourth-order valence-corrected chi connectivity index (χ4v) is 6.30. The summed E-state index contributed by atoms with van der Waals surface area (Å²) in [6.07, 6.45) is 7.23. The first-order valence-electron chi connectivity index (χ1n) is 8.81. The average molecular weight is 302 g/mol. The molecule has 0 aliphatic heterocycles. The van der Waals surface area contributed by atoms with Crippen LogP contribution < -0.4 is 0 Å². The summed E-state index contributed by atoms with van der Waals surface area (Å²) in [5.41, 5.74) is 1.03. The molecule has 22 heavy (non-hydrogen) atoms. The lowest BCUT2D eigenvalue weighted by molar-refractivity contribution is -0.139. The van der Waals surface area contributed by atoms with Crippen molar-refractivity contribution < 1.29 is 14.7 Å². The smallest absolute Gasteiger partial charge is 0.155 e. The van der Waals surface area contributed by atoms with E-state index in [-0.39, 0.29) is 28.6 Å². The molecule has 0 amide bonds. The number of carbonyl (C=O) groups is 2. The van der Waals surface area contributed by atoms with Gasteiger partial charge in [-0.05, 0) is 61.3 Å². The Morgan fingerprint density at radius 2 is 1.77 bits per heavy atom. The third-order valence-corrected chi connectivity index (χ3v) is 7.69. The van der Waals surface area contributed by atoms with Crippen LogP contribution in [-0.4, -0.2) is 22.8 Å². The second-order valence-corrected chi connectivity index (χ2v) is 8.53. The fourth-order valence-electron chi connectivity index (χ4n) is 6.30. The third kappa shape index (κ3) is 1.72. The van der Waals surface area contributed by atoms with Gasteiger partial charge in [-0.15, -0.1) is 0 Å². The number of ketones is 2. The highest BCUT2D eigenvalue weighted by Crippen LogP contribution is 2.64. The second kappa shape index (κ2) is 4.53. The van der Waals surface area contributed by atoms with E-state index in [2.05, 4.69) is 13.8 Å². The van der Waals surface area contributed by atoms with Crippen molar-refractivity contribution in [2.75, 3.05) is 0 Å². The molecule has 0 bridgehead atoms. The molecule has 0 heterocycles. The molecule has 3 fully saturated rings. The summed E-state index contributed by atoms with van der Waals surface area (Å²) in [4.78, 5) is 24.2. The molecule has 0 aromatic heterocycles. The molecule has 4 aliphatic carbocycles. The number of Topliss-reactive ketones (excluding diaryl/α,β-unsaturated/α-hetero) is 1. The van der Waals surface area contributed by atoms with Crippen LogP contribution >= 0.6 is 0 Å². The lowest BCUT2D eigenvalue weighted by Crippen LogP contribution is -2.55. The van der Waals surface area contributed by atoms with Gasteiger partial charge in [-0.25, -0.2) is 0 Å². The van der Waals surface area contributed by atoms with Gasteiger partial charge in [0.15, 0.2) is 5.78 Å². The van der Waals surface area contributed by atoms with Crippen molar-refractivity contribution in [2.45, 2.75) is 64.9 Å². The first-order valence-corrected chi connectivity index (χ1v) is 8.81. The van der Waals surface area contributed by atoms with Crippen LogP contribution in [0.2, 0.25) is 0 Å². The summed E-state index contributed by atoms with van der Waals surface area (Å²) in [6, 6.07) is 0. The van der Waals surface area contributed by atoms with Crippen LogP contribution in [0, 0.1) is 28.6 Å². The molecule has 1 N–H and O–H groups in total. The number of aliphatic hydroxyl groups is 1. The molecule has 0 radical (unpaired) electrons. The Labute approximate surface area is 132 Å². The van der Waals surface area contributed by atoms with Gasteiger partial charge in [-0.1, -0.05) is 19.4 Å². The molecule has 0 aromatic rings. The summed E-state index contributed by atoms with van der Waals surface area (Å²) < 4.78 is 0. The van der Waals surface area contributed by atoms with E-state index in [0.717, 1.165) is 25.7 Å². The zero-order valence-corrected chi connectivity index (χ0v) is 13.6. The normalized spacial score (nSPS) is 51.0. The quantitative estimate of drug-likeness (QED) is 0.748. The molecule has 6 atom stereocenters. The Bertz CT molecular complexity index is 577. The van der Waals surface area contributed by atoms with Crippen LogP contribution in [-0.2, 0) is 9.59 Å². The zero-order valence-electron chi connectivity index (χ0n) is 13.6. The van der Waals surface area contributed by atoms with Crippen LogP contribution in [0.3, 0.4) is 0 Å². The van der Waals surface area contributed by atoms with Gasteiger partial charge in [-0.2, -0.15) is 0 Å². The van der Waals surface area contributed by atoms with E-state index in [1.165, 1.54) is 5.57 Å². The largest absolute Gasteiger partial charge is 0.392 e. The Hall–Kier alpha value is -0.960. The number of hydrogen-bond donors (Lipinski definition) is 1. The van der Waals surface area contributed by atoms with Gasteiger partial charge in [0.05, 0.1) is 6.10 Å². The minimum atomic E-state index is -0.384. The highest BCUT2D eigenvalue weighted by atomic mass is 16.3. The minimum Gasteiger partial charge on any atom is -0.392 e. The molecule has 0 aromatic carbocycles. The average Bonchev–Trinajstić information content (AvgIpc) is 2.77. The molecule has 0 spiro atoms. The lowest BCUT2D eigenvalue weighted by atomic mass is 9.47.